The molecule has 4 nitrogen and oxygen atoms in total. The number of likely N-dealkylation sites (tertiary alicyclic amines) is 1. The van der Waals surface area contributed by atoms with Crippen LogP contribution in [-0.2, 0) is 6.54 Å². The van der Waals surface area contributed by atoms with Crippen molar-refractivity contribution in [3.8, 4) is 5.75 Å². The fourth-order valence-corrected chi connectivity index (χ4v) is 3.38. The van der Waals surface area contributed by atoms with E-state index in [1.165, 1.54) is 37.9 Å². The lowest BCUT2D eigenvalue weighted by molar-refractivity contribution is 0.0951. The first-order valence-electron chi connectivity index (χ1n) is 10.00. The summed E-state index contributed by atoms with van der Waals surface area (Å²) in [4.78, 5) is 14.6. The lowest BCUT2D eigenvalue weighted by atomic mass is 10.1. The van der Waals surface area contributed by atoms with Crippen LogP contribution in [0.2, 0.25) is 0 Å². The number of rotatable bonds is 8. The Morgan fingerprint density at radius 1 is 1.07 bits per heavy atom. The minimum absolute atomic E-state index is 0.0291. The van der Waals surface area contributed by atoms with Crippen molar-refractivity contribution in [3.05, 3.63) is 65.2 Å². The topological polar surface area (TPSA) is 41.6 Å². The Hall–Kier alpha value is -2.33. The van der Waals surface area contributed by atoms with Crippen molar-refractivity contribution in [2.45, 2.75) is 39.2 Å². The van der Waals surface area contributed by atoms with Gasteiger partial charge < -0.3 is 10.1 Å². The number of nitrogens with zero attached hydrogens (tertiary/aromatic N) is 1. The first-order chi connectivity index (χ1) is 13.2. The van der Waals surface area contributed by atoms with Crippen LogP contribution < -0.4 is 10.1 Å². The summed E-state index contributed by atoms with van der Waals surface area (Å²) in [7, 11) is 0. The molecule has 1 aliphatic rings. The van der Waals surface area contributed by atoms with Crippen LogP contribution in [0.5, 0.6) is 5.75 Å². The Morgan fingerprint density at radius 2 is 1.85 bits per heavy atom. The van der Waals surface area contributed by atoms with Gasteiger partial charge in [0.1, 0.15) is 5.75 Å². The summed E-state index contributed by atoms with van der Waals surface area (Å²) < 4.78 is 5.87. The summed E-state index contributed by atoms with van der Waals surface area (Å²) in [6.07, 6.45) is 4.77. The number of benzene rings is 2. The van der Waals surface area contributed by atoms with Crippen molar-refractivity contribution < 1.29 is 9.53 Å². The van der Waals surface area contributed by atoms with Crippen molar-refractivity contribution in [2.75, 3.05) is 26.2 Å². The summed E-state index contributed by atoms with van der Waals surface area (Å²) >= 11 is 0. The normalized spacial score (nSPS) is 14.7. The standard InChI is InChI=1S/C23H30N2O2/c1-19-9-11-21(12-10-19)23(26)24-13-6-16-27-22-8-5-7-20(17-22)18-25-14-3-2-4-15-25/h5,7-12,17H,2-4,6,13-16,18H2,1H3,(H,24,26). The van der Waals surface area contributed by atoms with Gasteiger partial charge in [0, 0.05) is 18.7 Å². The van der Waals surface area contributed by atoms with Gasteiger partial charge in [0.05, 0.1) is 6.61 Å². The third-order valence-corrected chi connectivity index (χ3v) is 4.94. The van der Waals surface area contributed by atoms with Crippen LogP contribution in [0, 0.1) is 6.92 Å². The Balaban J connectivity index is 1.37. The van der Waals surface area contributed by atoms with Crippen molar-refractivity contribution in [1.29, 1.82) is 0 Å². The Morgan fingerprint density at radius 3 is 2.63 bits per heavy atom. The molecule has 0 atom stereocenters. The molecule has 4 heteroatoms. The maximum atomic E-state index is 12.1. The minimum atomic E-state index is -0.0291. The largest absolute Gasteiger partial charge is 0.494 e. The molecule has 2 aromatic rings. The molecule has 1 N–H and O–H groups in total. The lowest BCUT2D eigenvalue weighted by Crippen LogP contribution is -2.29. The molecule has 1 aliphatic heterocycles. The smallest absolute Gasteiger partial charge is 0.251 e. The van der Waals surface area contributed by atoms with E-state index in [-0.39, 0.29) is 5.91 Å². The average Bonchev–Trinajstić information content (AvgIpc) is 2.69. The SMILES string of the molecule is Cc1ccc(C(=O)NCCCOc2cccc(CN3CCCCC3)c2)cc1. The Kier molecular flexibility index (Phi) is 7.28. The molecule has 27 heavy (non-hydrogen) atoms. The zero-order valence-electron chi connectivity index (χ0n) is 16.2. The highest BCUT2D eigenvalue weighted by Gasteiger charge is 2.10. The number of carbonyl (C=O) groups excluding carboxylic acids is 1. The molecule has 0 unspecified atom stereocenters. The van der Waals surface area contributed by atoms with Crippen LogP contribution in [0.25, 0.3) is 0 Å². The van der Waals surface area contributed by atoms with Gasteiger partial charge in [-0.3, -0.25) is 9.69 Å². The van der Waals surface area contributed by atoms with E-state index in [0.717, 1.165) is 24.3 Å². The van der Waals surface area contributed by atoms with Crippen molar-refractivity contribution in [1.82, 2.24) is 10.2 Å². The molecule has 144 valence electrons. The van der Waals surface area contributed by atoms with Crippen LogP contribution in [0.4, 0.5) is 0 Å². The number of nitrogens with one attached hydrogen (secondary N) is 1. The summed E-state index contributed by atoms with van der Waals surface area (Å²) in [6, 6.07) is 16.0. The zero-order valence-corrected chi connectivity index (χ0v) is 16.2. The fraction of sp³-hybridized carbons (Fsp3) is 0.435. The highest BCUT2D eigenvalue weighted by atomic mass is 16.5. The Bertz CT molecular complexity index is 721. The number of aryl methyl sites for hydroxylation is 1. The van der Waals surface area contributed by atoms with E-state index in [0.29, 0.717) is 18.7 Å². The van der Waals surface area contributed by atoms with Gasteiger partial charge in [0.15, 0.2) is 0 Å². The summed E-state index contributed by atoms with van der Waals surface area (Å²) in [6.45, 7) is 6.63. The fourth-order valence-electron chi connectivity index (χ4n) is 3.38. The number of hydrogen-bond acceptors (Lipinski definition) is 3. The number of hydrogen-bond donors (Lipinski definition) is 1. The van der Waals surface area contributed by atoms with Gasteiger partial charge in [-0.1, -0.05) is 36.2 Å². The van der Waals surface area contributed by atoms with Gasteiger partial charge in [-0.2, -0.15) is 0 Å². The molecule has 1 saturated heterocycles. The second-order valence-electron chi connectivity index (χ2n) is 7.31. The molecule has 0 bridgehead atoms. The van der Waals surface area contributed by atoms with Crippen LogP contribution in [-0.4, -0.2) is 37.0 Å². The van der Waals surface area contributed by atoms with Crippen molar-refractivity contribution in [3.63, 3.8) is 0 Å². The highest BCUT2D eigenvalue weighted by Crippen LogP contribution is 2.17. The minimum Gasteiger partial charge on any atom is -0.494 e. The summed E-state index contributed by atoms with van der Waals surface area (Å²) in [5.41, 5.74) is 3.16. The first kappa shape index (κ1) is 19.4. The predicted molar refractivity (Wildman–Crippen MR) is 109 cm³/mol. The van der Waals surface area contributed by atoms with E-state index in [1.807, 2.05) is 37.3 Å². The van der Waals surface area contributed by atoms with Crippen molar-refractivity contribution in [2.24, 2.45) is 0 Å². The van der Waals surface area contributed by atoms with Gasteiger partial charge >= 0.3 is 0 Å². The van der Waals surface area contributed by atoms with Gasteiger partial charge in [-0.15, -0.1) is 0 Å². The molecule has 0 radical (unpaired) electrons. The van der Waals surface area contributed by atoms with Gasteiger partial charge in [-0.05, 0) is 69.1 Å². The zero-order chi connectivity index (χ0) is 18.9. The average molecular weight is 367 g/mol. The van der Waals surface area contributed by atoms with Gasteiger partial charge in [-0.25, -0.2) is 0 Å². The van der Waals surface area contributed by atoms with E-state index in [9.17, 15) is 4.79 Å². The molecular formula is C23H30N2O2. The van der Waals surface area contributed by atoms with Crippen molar-refractivity contribution >= 4 is 5.91 Å². The molecule has 1 fully saturated rings. The van der Waals surface area contributed by atoms with E-state index in [2.05, 4.69) is 28.4 Å². The monoisotopic (exact) mass is 366 g/mol. The molecule has 3 rings (SSSR count). The van der Waals surface area contributed by atoms with Crippen LogP contribution in [0.15, 0.2) is 48.5 Å². The highest BCUT2D eigenvalue weighted by molar-refractivity contribution is 5.94. The number of ether oxygens (including phenoxy) is 1. The second kappa shape index (κ2) is 10.1. The van der Waals surface area contributed by atoms with Gasteiger partial charge in [0.2, 0.25) is 0 Å². The molecule has 0 aliphatic carbocycles. The predicted octanol–water partition coefficient (Wildman–Crippen LogP) is 4.18. The van der Waals surface area contributed by atoms with E-state index in [1.54, 1.807) is 0 Å². The number of piperidine rings is 1. The van der Waals surface area contributed by atoms with E-state index < -0.39 is 0 Å². The third kappa shape index (κ3) is 6.40. The maximum Gasteiger partial charge on any atom is 0.251 e. The lowest BCUT2D eigenvalue weighted by Gasteiger charge is -2.26. The van der Waals surface area contributed by atoms with Gasteiger partial charge in [0.25, 0.3) is 5.91 Å². The van der Waals surface area contributed by atoms with Crippen LogP contribution in [0.1, 0.15) is 47.2 Å². The molecule has 1 heterocycles. The molecule has 0 saturated carbocycles. The number of amides is 1. The van der Waals surface area contributed by atoms with Crippen LogP contribution in [0.3, 0.4) is 0 Å². The quantitative estimate of drug-likeness (QED) is 0.713. The molecule has 2 aromatic carbocycles. The summed E-state index contributed by atoms with van der Waals surface area (Å²) in [5, 5.41) is 2.94. The molecule has 0 aromatic heterocycles. The van der Waals surface area contributed by atoms with Crippen LogP contribution >= 0.6 is 0 Å². The third-order valence-electron chi connectivity index (χ3n) is 4.94. The first-order valence-corrected chi connectivity index (χ1v) is 10.00. The summed E-state index contributed by atoms with van der Waals surface area (Å²) in [5.74, 6) is 0.882. The molecule has 1 amide bonds. The number of carbonyl (C=O) groups is 1. The van der Waals surface area contributed by atoms with E-state index >= 15 is 0 Å². The van der Waals surface area contributed by atoms with E-state index in [4.69, 9.17) is 4.74 Å². The molecule has 0 spiro atoms. The Labute approximate surface area is 162 Å². The second-order valence-corrected chi connectivity index (χ2v) is 7.31. The maximum absolute atomic E-state index is 12.1. The molecular weight excluding hydrogens is 336 g/mol.